The third-order valence-corrected chi connectivity index (χ3v) is 3.69. The fraction of sp³-hybridized carbons (Fsp3) is 0.417. The average Bonchev–Trinajstić information content (AvgIpc) is 2.33. The Bertz CT molecular complexity index is 456. The molecule has 0 spiro atoms. The minimum absolute atomic E-state index is 0.293. The number of halogens is 2. The van der Waals surface area contributed by atoms with Crippen LogP contribution in [0.5, 0.6) is 0 Å². The van der Waals surface area contributed by atoms with E-state index < -0.39 is 11.9 Å². The molecule has 6 heteroatoms. The van der Waals surface area contributed by atoms with Crippen molar-refractivity contribution in [2.75, 3.05) is 19.8 Å². The minimum atomic E-state index is -0.421. The van der Waals surface area contributed by atoms with E-state index in [9.17, 15) is 9.18 Å². The second-order valence-corrected chi connectivity index (χ2v) is 5.05. The lowest BCUT2D eigenvalue weighted by Gasteiger charge is -2.33. The van der Waals surface area contributed by atoms with Gasteiger partial charge in [0.1, 0.15) is 11.9 Å². The average molecular weight is 317 g/mol. The van der Waals surface area contributed by atoms with Crippen LogP contribution in [0.2, 0.25) is 0 Å². The van der Waals surface area contributed by atoms with E-state index in [0.717, 1.165) is 5.56 Å². The van der Waals surface area contributed by atoms with Crippen molar-refractivity contribution in [3.05, 3.63) is 34.1 Å². The first kappa shape index (κ1) is 13.5. The summed E-state index contributed by atoms with van der Waals surface area (Å²) in [6.45, 7) is 2.06. The van der Waals surface area contributed by atoms with E-state index in [1.807, 2.05) is 4.90 Å². The summed E-state index contributed by atoms with van der Waals surface area (Å²) < 4.78 is 18.9. The lowest BCUT2D eigenvalue weighted by molar-refractivity contribution is -0.129. The Morgan fingerprint density at radius 2 is 2.39 bits per heavy atom. The minimum Gasteiger partial charge on any atom is -0.378 e. The van der Waals surface area contributed by atoms with Crippen molar-refractivity contribution in [2.45, 2.75) is 12.6 Å². The van der Waals surface area contributed by atoms with Crippen LogP contribution in [0.1, 0.15) is 5.56 Å². The van der Waals surface area contributed by atoms with E-state index in [-0.39, 0.29) is 5.82 Å². The third-order valence-electron chi connectivity index (χ3n) is 2.96. The van der Waals surface area contributed by atoms with Gasteiger partial charge in [-0.1, -0.05) is 22.0 Å². The maximum atomic E-state index is 13.0. The molecule has 18 heavy (non-hydrogen) atoms. The van der Waals surface area contributed by atoms with Gasteiger partial charge in [-0.25, -0.2) is 4.39 Å². The van der Waals surface area contributed by atoms with Gasteiger partial charge in [-0.05, 0) is 17.7 Å². The Labute approximate surface area is 113 Å². The van der Waals surface area contributed by atoms with Gasteiger partial charge in [0.15, 0.2) is 0 Å². The number of carbonyl (C=O) groups excluding carboxylic acids is 1. The lowest BCUT2D eigenvalue weighted by atomic mass is 10.1. The molecule has 2 rings (SSSR count). The molecule has 98 valence electrons. The van der Waals surface area contributed by atoms with Crippen LogP contribution in [0.4, 0.5) is 4.39 Å². The number of amides is 1. The van der Waals surface area contributed by atoms with Crippen molar-refractivity contribution in [1.82, 2.24) is 4.90 Å². The highest BCUT2D eigenvalue weighted by Gasteiger charge is 2.27. The number of benzene rings is 1. The molecule has 1 fully saturated rings. The van der Waals surface area contributed by atoms with Crippen LogP contribution < -0.4 is 5.73 Å². The molecule has 2 N–H and O–H groups in total. The summed E-state index contributed by atoms with van der Waals surface area (Å²) in [6.07, 6.45) is 0. The lowest BCUT2D eigenvalue weighted by Crippen LogP contribution is -2.51. The molecule has 4 nitrogen and oxygen atoms in total. The highest BCUT2D eigenvalue weighted by atomic mass is 79.9. The first-order valence-electron chi connectivity index (χ1n) is 5.63. The van der Waals surface area contributed by atoms with E-state index in [1.165, 1.54) is 12.1 Å². The topological polar surface area (TPSA) is 55.6 Å². The summed E-state index contributed by atoms with van der Waals surface area (Å²) in [7, 11) is 0. The predicted octanol–water partition coefficient (Wildman–Crippen LogP) is 1.27. The molecule has 1 amide bonds. The smallest absolute Gasteiger partial charge is 0.237 e. The molecule has 1 aromatic rings. The van der Waals surface area contributed by atoms with Gasteiger partial charge in [0.05, 0.1) is 13.2 Å². The summed E-state index contributed by atoms with van der Waals surface area (Å²) in [4.78, 5) is 13.3. The molecule has 1 unspecified atom stereocenters. The van der Waals surface area contributed by atoms with Gasteiger partial charge in [-0.3, -0.25) is 9.69 Å². The predicted molar refractivity (Wildman–Crippen MR) is 68.3 cm³/mol. The van der Waals surface area contributed by atoms with Crippen LogP contribution in [0.3, 0.4) is 0 Å². The molecule has 1 heterocycles. The van der Waals surface area contributed by atoms with Gasteiger partial charge < -0.3 is 10.5 Å². The largest absolute Gasteiger partial charge is 0.378 e. The van der Waals surface area contributed by atoms with Gasteiger partial charge in [0.2, 0.25) is 5.91 Å². The number of morpholine rings is 1. The van der Waals surface area contributed by atoms with Crippen molar-refractivity contribution < 1.29 is 13.9 Å². The number of rotatable bonds is 3. The molecule has 1 atom stereocenters. The van der Waals surface area contributed by atoms with Crippen molar-refractivity contribution in [3.8, 4) is 0 Å². The molecule has 1 aliphatic rings. The Morgan fingerprint density at radius 3 is 3.06 bits per heavy atom. The van der Waals surface area contributed by atoms with Gasteiger partial charge in [-0.15, -0.1) is 0 Å². The SMILES string of the molecule is NC(=O)C1COCCN1Cc1ccc(F)cc1Br. The van der Waals surface area contributed by atoms with Crippen molar-refractivity contribution in [2.24, 2.45) is 5.73 Å². The maximum Gasteiger partial charge on any atom is 0.237 e. The van der Waals surface area contributed by atoms with E-state index in [4.69, 9.17) is 10.5 Å². The first-order chi connectivity index (χ1) is 8.58. The maximum absolute atomic E-state index is 13.0. The number of hydrogen-bond acceptors (Lipinski definition) is 3. The summed E-state index contributed by atoms with van der Waals surface area (Å²) in [6, 6.07) is 4.10. The van der Waals surface area contributed by atoms with Crippen LogP contribution in [-0.4, -0.2) is 36.6 Å². The summed E-state index contributed by atoms with van der Waals surface area (Å²) in [5.41, 5.74) is 6.26. The number of hydrogen-bond donors (Lipinski definition) is 1. The van der Waals surface area contributed by atoms with Crippen molar-refractivity contribution >= 4 is 21.8 Å². The van der Waals surface area contributed by atoms with Gasteiger partial charge in [0.25, 0.3) is 0 Å². The standard InChI is InChI=1S/C12H14BrFN2O2/c13-10-5-9(14)2-1-8(10)6-16-3-4-18-7-11(16)12(15)17/h1-2,5,11H,3-4,6-7H2,(H2,15,17). The van der Waals surface area contributed by atoms with Gasteiger partial charge in [0, 0.05) is 17.6 Å². The number of nitrogens with zero attached hydrogens (tertiary/aromatic N) is 1. The molecule has 0 aliphatic carbocycles. The third kappa shape index (κ3) is 3.07. The highest BCUT2D eigenvalue weighted by molar-refractivity contribution is 9.10. The van der Waals surface area contributed by atoms with E-state index in [1.54, 1.807) is 6.07 Å². The first-order valence-corrected chi connectivity index (χ1v) is 6.42. The Morgan fingerprint density at radius 1 is 1.61 bits per heavy atom. The number of primary amides is 1. The fourth-order valence-electron chi connectivity index (χ4n) is 1.96. The molecule has 0 radical (unpaired) electrons. The quantitative estimate of drug-likeness (QED) is 0.913. The zero-order chi connectivity index (χ0) is 13.1. The van der Waals surface area contributed by atoms with Gasteiger partial charge >= 0.3 is 0 Å². The molecule has 0 saturated carbocycles. The molecular formula is C12H14BrFN2O2. The van der Waals surface area contributed by atoms with Crippen LogP contribution in [0.25, 0.3) is 0 Å². The highest BCUT2D eigenvalue weighted by Crippen LogP contribution is 2.21. The Hall–Kier alpha value is -0.980. The van der Waals surface area contributed by atoms with E-state index in [0.29, 0.717) is 30.8 Å². The van der Waals surface area contributed by atoms with Gasteiger partial charge in [-0.2, -0.15) is 0 Å². The summed E-state index contributed by atoms with van der Waals surface area (Å²) in [5.74, 6) is -0.688. The number of carbonyl (C=O) groups is 1. The van der Waals surface area contributed by atoms with Crippen molar-refractivity contribution in [3.63, 3.8) is 0 Å². The monoisotopic (exact) mass is 316 g/mol. The van der Waals surface area contributed by atoms with Crippen LogP contribution in [-0.2, 0) is 16.1 Å². The molecule has 0 aromatic heterocycles. The Balaban J connectivity index is 2.13. The van der Waals surface area contributed by atoms with E-state index >= 15 is 0 Å². The normalized spacial score (nSPS) is 20.9. The number of nitrogens with two attached hydrogens (primary N) is 1. The second-order valence-electron chi connectivity index (χ2n) is 4.20. The second kappa shape index (κ2) is 5.77. The Kier molecular flexibility index (Phi) is 4.31. The van der Waals surface area contributed by atoms with Crippen LogP contribution in [0.15, 0.2) is 22.7 Å². The summed E-state index contributed by atoms with van der Waals surface area (Å²) in [5, 5.41) is 0. The van der Waals surface area contributed by atoms with E-state index in [2.05, 4.69) is 15.9 Å². The number of ether oxygens (including phenoxy) is 1. The van der Waals surface area contributed by atoms with Crippen LogP contribution >= 0.6 is 15.9 Å². The van der Waals surface area contributed by atoms with Crippen LogP contribution in [0, 0.1) is 5.82 Å². The van der Waals surface area contributed by atoms with Crippen molar-refractivity contribution in [1.29, 1.82) is 0 Å². The molecule has 1 saturated heterocycles. The zero-order valence-corrected chi connectivity index (χ0v) is 11.3. The zero-order valence-electron chi connectivity index (χ0n) is 9.73. The fourth-order valence-corrected chi connectivity index (χ4v) is 2.43. The molecule has 1 aliphatic heterocycles. The summed E-state index contributed by atoms with van der Waals surface area (Å²) >= 11 is 3.32. The molecule has 0 bridgehead atoms. The molecular weight excluding hydrogens is 303 g/mol. The molecule has 1 aromatic carbocycles.